The normalized spacial score (nSPS) is 19.6. The topological polar surface area (TPSA) is 101 Å². The van der Waals surface area contributed by atoms with Gasteiger partial charge in [0, 0.05) is 32.4 Å². The first-order valence-electron chi connectivity index (χ1n) is 10.7. The van der Waals surface area contributed by atoms with Crippen LogP contribution in [-0.4, -0.2) is 72.6 Å². The number of ether oxygens (including phenoxy) is 1. The van der Waals surface area contributed by atoms with E-state index in [1.165, 1.54) is 26.6 Å². The number of piperazine rings is 1. The number of halogens is 1. The van der Waals surface area contributed by atoms with E-state index in [9.17, 15) is 13.2 Å². The number of hydrogen-bond acceptors (Lipinski definition) is 8. The minimum atomic E-state index is -3.52. The average molecular weight is 507 g/mol. The van der Waals surface area contributed by atoms with Crippen molar-refractivity contribution in [1.29, 1.82) is 0 Å². The Morgan fingerprint density at radius 2 is 2.00 bits per heavy atom. The Labute approximate surface area is 200 Å². The largest absolute Gasteiger partial charge is 0.442 e. The van der Waals surface area contributed by atoms with Crippen LogP contribution in [0.15, 0.2) is 46.1 Å². The number of sulfonamides is 1. The Balaban J connectivity index is 1.23. The van der Waals surface area contributed by atoms with Gasteiger partial charge in [-0.2, -0.15) is 4.31 Å². The molecule has 2 aliphatic rings. The number of rotatable bonds is 6. The lowest BCUT2D eigenvalue weighted by Crippen LogP contribution is -2.48. The summed E-state index contributed by atoms with van der Waals surface area (Å²) in [4.78, 5) is 15.6. The second kappa shape index (κ2) is 8.96. The van der Waals surface area contributed by atoms with Crippen molar-refractivity contribution in [3.05, 3.63) is 53.4 Å². The molecule has 4 heterocycles. The number of carbonyl (C=O) groups excluding carboxylic acids is 1. The first-order chi connectivity index (χ1) is 16.3. The van der Waals surface area contributed by atoms with Crippen LogP contribution in [0.1, 0.15) is 5.69 Å². The molecule has 3 aromatic rings. The van der Waals surface area contributed by atoms with Crippen LogP contribution < -0.4 is 9.80 Å². The highest BCUT2D eigenvalue weighted by atomic mass is 32.2. The number of carbonyl (C=O) groups is 1. The van der Waals surface area contributed by atoms with Crippen LogP contribution in [0, 0.1) is 12.7 Å². The van der Waals surface area contributed by atoms with Gasteiger partial charge < -0.3 is 9.64 Å². The number of hydrogen-bond donors (Lipinski definition) is 0. The summed E-state index contributed by atoms with van der Waals surface area (Å²) in [5.74, 6) is -0.477. The smallest absolute Gasteiger partial charge is 0.414 e. The molecule has 5 rings (SSSR count). The van der Waals surface area contributed by atoms with Crippen LogP contribution in [0.25, 0.3) is 0 Å². The molecule has 0 aliphatic carbocycles. The minimum Gasteiger partial charge on any atom is -0.442 e. The third-order valence-electron chi connectivity index (χ3n) is 5.83. The van der Waals surface area contributed by atoms with Crippen LogP contribution in [0.3, 0.4) is 0 Å². The minimum absolute atomic E-state index is 0.267. The average Bonchev–Trinajstić information content (AvgIpc) is 3.56. The Hall–Kier alpha value is -3.03. The molecule has 2 fully saturated rings. The van der Waals surface area contributed by atoms with Gasteiger partial charge in [-0.3, -0.25) is 4.90 Å². The van der Waals surface area contributed by atoms with Gasteiger partial charge >= 0.3 is 6.09 Å². The van der Waals surface area contributed by atoms with Crippen molar-refractivity contribution in [2.24, 2.45) is 0 Å². The Morgan fingerprint density at radius 1 is 1.21 bits per heavy atom. The van der Waals surface area contributed by atoms with Crippen molar-refractivity contribution in [1.82, 2.24) is 19.3 Å². The molecule has 0 saturated carbocycles. The summed E-state index contributed by atoms with van der Waals surface area (Å²) in [6.07, 6.45) is 0.798. The van der Waals surface area contributed by atoms with Gasteiger partial charge in [-0.05, 0) is 36.6 Å². The highest BCUT2D eigenvalue weighted by molar-refractivity contribution is 7.91. The van der Waals surface area contributed by atoms with Crippen LogP contribution in [-0.2, 0) is 21.3 Å². The quantitative estimate of drug-likeness (QED) is 0.506. The van der Waals surface area contributed by atoms with Gasteiger partial charge in [-0.1, -0.05) is 11.3 Å². The van der Waals surface area contributed by atoms with E-state index in [-0.39, 0.29) is 19.6 Å². The second-order valence-electron chi connectivity index (χ2n) is 8.16. The number of amides is 1. The molecule has 1 amide bonds. The number of aromatic nitrogens is 3. The molecular formula is C21H23FN6O4S2. The summed E-state index contributed by atoms with van der Waals surface area (Å²) in [6.45, 7) is 3.73. The van der Waals surface area contributed by atoms with Gasteiger partial charge in [-0.25, -0.2) is 22.3 Å². The van der Waals surface area contributed by atoms with Crippen molar-refractivity contribution < 1.29 is 22.3 Å². The molecule has 1 atom stereocenters. The van der Waals surface area contributed by atoms with Crippen LogP contribution in [0.2, 0.25) is 0 Å². The van der Waals surface area contributed by atoms with Crippen molar-refractivity contribution in [3.63, 3.8) is 0 Å². The van der Waals surface area contributed by atoms with Gasteiger partial charge in [0.05, 0.1) is 30.2 Å². The fourth-order valence-electron chi connectivity index (χ4n) is 4.15. The number of benzene rings is 1. The first kappa shape index (κ1) is 22.7. The van der Waals surface area contributed by atoms with Gasteiger partial charge in [0.2, 0.25) is 0 Å². The van der Waals surface area contributed by atoms with E-state index >= 15 is 4.39 Å². The summed E-state index contributed by atoms with van der Waals surface area (Å²) in [5.41, 5.74) is 1.55. The predicted molar refractivity (Wildman–Crippen MR) is 124 cm³/mol. The Bertz CT molecular complexity index is 1290. The molecule has 13 heteroatoms. The summed E-state index contributed by atoms with van der Waals surface area (Å²) in [6, 6.07) is 7.91. The number of nitrogens with zero attached hydrogens (tertiary/aromatic N) is 6. The highest BCUT2D eigenvalue weighted by Crippen LogP contribution is 2.30. The van der Waals surface area contributed by atoms with Crippen LogP contribution >= 0.6 is 11.3 Å². The van der Waals surface area contributed by atoms with Crippen molar-refractivity contribution in [2.75, 3.05) is 42.5 Å². The van der Waals surface area contributed by atoms with Gasteiger partial charge in [0.15, 0.2) is 0 Å². The summed E-state index contributed by atoms with van der Waals surface area (Å²) in [5, 5.41) is 9.62. The zero-order valence-electron chi connectivity index (χ0n) is 18.4. The van der Waals surface area contributed by atoms with Crippen molar-refractivity contribution in [3.8, 4) is 0 Å². The molecule has 0 bridgehead atoms. The van der Waals surface area contributed by atoms with E-state index in [4.69, 9.17) is 4.74 Å². The molecule has 10 nitrogen and oxygen atoms in total. The maximum atomic E-state index is 15.0. The molecule has 0 unspecified atom stereocenters. The number of thiophene rings is 1. The molecule has 0 N–H and O–H groups in total. The van der Waals surface area contributed by atoms with E-state index in [0.717, 1.165) is 5.69 Å². The summed E-state index contributed by atoms with van der Waals surface area (Å²) >= 11 is 1.18. The van der Waals surface area contributed by atoms with Gasteiger partial charge in [-0.15, -0.1) is 16.4 Å². The molecular weight excluding hydrogens is 483 g/mol. The van der Waals surface area contributed by atoms with E-state index in [1.807, 2.05) is 11.8 Å². The maximum Gasteiger partial charge on any atom is 0.414 e. The summed E-state index contributed by atoms with van der Waals surface area (Å²) < 4.78 is 49.2. The van der Waals surface area contributed by atoms with Gasteiger partial charge in [0.1, 0.15) is 16.1 Å². The Kier molecular flexibility index (Phi) is 6.00. The lowest BCUT2D eigenvalue weighted by Gasteiger charge is -2.35. The lowest BCUT2D eigenvalue weighted by atomic mass is 10.2. The zero-order chi connectivity index (χ0) is 23.9. The summed E-state index contributed by atoms with van der Waals surface area (Å²) in [7, 11) is -3.52. The number of cyclic esters (lactones) is 1. The molecule has 180 valence electrons. The molecule has 2 aromatic heterocycles. The third kappa shape index (κ3) is 4.38. The third-order valence-corrected chi connectivity index (χ3v) is 9.10. The molecule has 0 spiro atoms. The maximum absolute atomic E-state index is 15.0. The molecule has 2 saturated heterocycles. The standard InChI is InChI=1S/C21H23FN6O4S2/c1-15-12-26(24-23-15)13-17-14-28(21(29)32-17)16-4-5-19(18(22)11-16)25-6-8-27(9-7-25)34(30,31)20-3-2-10-33-20/h2-5,10-12,17H,6-9,13-14H2,1H3/t17-/m0/s1. The van der Waals surface area contributed by atoms with E-state index < -0.39 is 28.0 Å². The van der Waals surface area contributed by atoms with E-state index in [1.54, 1.807) is 40.5 Å². The van der Waals surface area contributed by atoms with Crippen LogP contribution in [0.4, 0.5) is 20.6 Å². The van der Waals surface area contributed by atoms with E-state index in [2.05, 4.69) is 10.3 Å². The molecule has 34 heavy (non-hydrogen) atoms. The fraction of sp³-hybridized carbons (Fsp3) is 0.381. The Morgan fingerprint density at radius 3 is 2.65 bits per heavy atom. The lowest BCUT2D eigenvalue weighted by molar-refractivity contribution is 0.129. The van der Waals surface area contributed by atoms with Gasteiger partial charge in [0.25, 0.3) is 10.0 Å². The molecule has 2 aliphatic heterocycles. The first-order valence-corrected chi connectivity index (χ1v) is 13.1. The molecule has 1 aromatic carbocycles. The highest BCUT2D eigenvalue weighted by Gasteiger charge is 2.34. The SMILES string of the molecule is Cc1cn(C[C@H]2CN(c3ccc(N4CCN(S(=O)(=O)c5cccs5)CC4)c(F)c3)C(=O)O2)nn1. The zero-order valence-corrected chi connectivity index (χ0v) is 20.0. The number of anilines is 2. The fourth-order valence-corrected chi connectivity index (χ4v) is 6.71. The second-order valence-corrected chi connectivity index (χ2v) is 11.3. The van der Waals surface area contributed by atoms with Crippen molar-refractivity contribution >= 4 is 38.8 Å². The predicted octanol–water partition coefficient (Wildman–Crippen LogP) is 2.32. The van der Waals surface area contributed by atoms with Crippen molar-refractivity contribution in [2.45, 2.75) is 23.8 Å². The van der Waals surface area contributed by atoms with E-state index in [0.29, 0.717) is 35.2 Å². The monoisotopic (exact) mass is 506 g/mol. The molecule has 0 radical (unpaired) electrons. The number of aryl methyl sites for hydroxylation is 1. The van der Waals surface area contributed by atoms with Crippen LogP contribution in [0.5, 0.6) is 0 Å².